The van der Waals surface area contributed by atoms with Crippen molar-refractivity contribution in [1.29, 1.82) is 0 Å². The van der Waals surface area contributed by atoms with Crippen molar-refractivity contribution < 1.29 is 29.0 Å². The Morgan fingerprint density at radius 1 is 1.00 bits per heavy atom. The van der Waals surface area contributed by atoms with Crippen LogP contribution in [0.3, 0.4) is 0 Å². The van der Waals surface area contributed by atoms with E-state index < -0.39 is 17.9 Å². The smallest absolute Gasteiger partial charge is 0.338 e. The highest BCUT2D eigenvalue weighted by Crippen LogP contribution is 2.24. The lowest BCUT2D eigenvalue weighted by molar-refractivity contribution is -0.139. The van der Waals surface area contributed by atoms with E-state index in [1.54, 1.807) is 31.2 Å². The molecule has 1 N–H and O–H groups in total. The highest BCUT2D eigenvalue weighted by atomic mass is 16.5. The molecule has 0 aliphatic carbocycles. The first-order chi connectivity index (χ1) is 11.9. The maximum atomic E-state index is 12.3. The van der Waals surface area contributed by atoms with Gasteiger partial charge in [0.2, 0.25) is 0 Å². The Balaban J connectivity index is 2.06. The number of carboxylic acids is 1. The number of esters is 2. The monoisotopic (exact) mass is 342 g/mol. The third-order valence-electron chi connectivity index (χ3n) is 3.46. The summed E-state index contributed by atoms with van der Waals surface area (Å²) in [5.74, 6) is -2.23. The second-order valence-electron chi connectivity index (χ2n) is 5.42. The Hall–Kier alpha value is -3.15. The van der Waals surface area contributed by atoms with Crippen LogP contribution < -0.4 is 0 Å². The minimum atomic E-state index is -1.11. The van der Waals surface area contributed by atoms with E-state index in [9.17, 15) is 19.5 Å². The molecule has 6 nitrogen and oxygen atoms in total. The first-order valence-corrected chi connectivity index (χ1v) is 7.66. The standard InChI is InChI=1S/C19H18O6/c1-12(2)18(22)24-10-5-11-25-19(23)15-9-4-7-13-6-3-8-14(16(13)15)17(20)21/h3-4,6-9H,1,5,10-11H2,2H3,(H,20,21). The van der Waals surface area contributed by atoms with Gasteiger partial charge in [-0.25, -0.2) is 14.4 Å². The fraction of sp³-hybridized carbons (Fsp3) is 0.211. The number of fused-ring (bicyclic) bond motifs is 1. The minimum absolute atomic E-state index is 0.0421. The van der Waals surface area contributed by atoms with Crippen molar-refractivity contribution >= 4 is 28.7 Å². The summed E-state index contributed by atoms with van der Waals surface area (Å²) in [5, 5.41) is 10.3. The molecule has 0 saturated carbocycles. The van der Waals surface area contributed by atoms with Crippen LogP contribution in [-0.4, -0.2) is 36.2 Å². The SMILES string of the molecule is C=C(C)C(=O)OCCCOC(=O)c1cccc2cccc(C(=O)O)c12. The molecule has 0 radical (unpaired) electrons. The molecule has 2 aromatic rings. The van der Waals surface area contributed by atoms with Crippen LogP contribution in [0.15, 0.2) is 48.6 Å². The number of hydrogen-bond donors (Lipinski definition) is 1. The topological polar surface area (TPSA) is 89.9 Å². The van der Waals surface area contributed by atoms with E-state index in [0.29, 0.717) is 22.8 Å². The summed E-state index contributed by atoms with van der Waals surface area (Å²) in [7, 11) is 0. The van der Waals surface area contributed by atoms with Crippen molar-refractivity contribution in [3.05, 3.63) is 59.7 Å². The zero-order chi connectivity index (χ0) is 18.4. The molecule has 0 atom stereocenters. The number of carbonyl (C=O) groups excluding carboxylic acids is 2. The molecule has 0 aliphatic rings. The quantitative estimate of drug-likeness (QED) is 0.472. The van der Waals surface area contributed by atoms with Crippen LogP contribution >= 0.6 is 0 Å². The molecule has 0 aromatic heterocycles. The molecule has 0 bridgehead atoms. The van der Waals surface area contributed by atoms with E-state index in [1.807, 2.05) is 0 Å². The van der Waals surface area contributed by atoms with Gasteiger partial charge >= 0.3 is 17.9 Å². The van der Waals surface area contributed by atoms with Gasteiger partial charge in [0.1, 0.15) is 0 Å². The number of aromatic carboxylic acids is 1. The van der Waals surface area contributed by atoms with Crippen LogP contribution in [0.2, 0.25) is 0 Å². The van der Waals surface area contributed by atoms with Crippen LogP contribution in [0, 0.1) is 0 Å². The number of rotatable bonds is 7. The van der Waals surface area contributed by atoms with Gasteiger partial charge in [-0.2, -0.15) is 0 Å². The highest BCUT2D eigenvalue weighted by Gasteiger charge is 2.17. The average molecular weight is 342 g/mol. The van der Waals surface area contributed by atoms with Crippen LogP contribution in [0.5, 0.6) is 0 Å². The predicted octanol–water partition coefficient (Wildman–Crippen LogP) is 3.20. The van der Waals surface area contributed by atoms with Gasteiger partial charge in [-0.1, -0.05) is 30.8 Å². The molecular formula is C19H18O6. The fourth-order valence-electron chi connectivity index (χ4n) is 2.28. The molecule has 2 rings (SSSR count). The van der Waals surface area contributed by atoms with Gasteiger partial charge in [-0.15, -0.1) is 0 Å². The van der Waals surface area contributed by atoms with Crippen molar-refractivity contribution in [2.45, 2.75) is 13.3 Å². The Labute approximate surface area is 144 Å². The lowest BCUT2D eigenvalue weighted by Gasteiger charge is -2.10. The zero-order valence-corrected chi connectivity index (χ0v) is 13.8. The lowest BCUT2D eigenvalue weighted by Crippen LogP contribution is -2.12. The molecule has 130 valence electrons. The molecule has 0 amide bonds. The zero-order valence-electron chi connectivity index (χ0n) is 13.8. The molecule has 0 heterocycles. The Kier molecular flexibility index (Phi) is 5.89. The summed E-state index contributed by atoms with van der Waals surface area (Å²) in [6.07, 6.45) is 0.335. The average Bonchev–Trinajstić information content (AvgIpc) is 2.59. The molecule has 2 aromatic carbocycles. The molecule has 0 fully saturated rings. The van der Waals surface area contributed by atoms with Crippen molar-refractivity contribution in [2.75, 3.05) is 13.2 Å². The summed E-state index contributed by atoms with van der Waals surface area (Å²) < 4.78 is 10.1. The van der Waals surface area contributed by atoms with E-state index in [2.05, 4.69) is 6.58 Å². The van der Waals surface area contributed by atoms with Crippen LogP contribution in [-0.2, 0) is 14.3 Å². The van der Waals surface area contributed by atoms with Gasteiger partial charge in [0.15, 0.2) is 0 Å². The molecule has 0 saturated heterocycles. The van der Waals surface area contributed by atoms with Crippen LogP contribution in [0.4, 0.5) is 0 Å². The number of carboxylic acid groups (broad SMARTS) is 1. The second kappa shape index (κ2) is 8.10. The van der Waals surface area contributed by atoms with Crippen molar-refractivity contribution in [2.24, 2.45) is 0 Å². The first kappa shape index (κ1) is 18.2. The Morgan fingerprint density at radius 2 is 1.60 bits per heavy atom. The van der Waals surface area contributed by atoms with Crippen LogP contribution in [0.1, 0.15) is 34.1 Å². The van der Waals surface area contributed by atoms with Crippen molar-refractivity contribution in [1.82, 2.24) is 0 Å². The van der Waals surface area contributed by atoms with Gasteiger partial charge < -0.3 is 14.6 Å². The van der Waals surface area contributed by atoms with E-state index in [4.69, 9.17) is 9.47 Å². The van der Waals surface area contributed by atoms with Crippen LogP contribution in [0.25, 0.3) is 10.8 Å². The van der Waals surface area contributed by atoms with E-state index in [0.717, 1.165) is 0 Å². The number of carbonyl (C=O) groups is 3. The fourth-order valence-corrected chi connectivity index (χ4v) is 2.28. The normalized spacial score (nSPS) is 10.3. The Bertz CT molecular complexity index is 832. The minimum Gasteiger partial charge on any atom is -0.478 e. The van der Waals surface area contributed by atoms with Gasteiger partial charge in [0.25, 0.3) is 0 Å². The number of benzene rings is 2. The predicted molar refractivity (Wildman–Crippen MR) is 91.6 cm³/mol. The summed E-state index contributed by atoms with van der Waals surface area (Å²) in [6.45, 7) is 5.17. The maximum Gasteiger partial charge on any atom is 0.338 e. The molecular weight excluding hydrogens is 324 g/mol. The third-order valence-corrected chi connectivity index (χ3v) is 3.46. The van der Waals surface area contributed by atoms with Crippen molar-refractivity contribution in [3.63, 3.8) is 0 Å². The summed E-state index contributed by atoms with van der Waals surface area (Å²) in [5.41, 5.74) is 0.531. The molecule has 25 heavy (non-hydrogen) atoms. The van der Waals surface area contributed by atoms with Gasteiger partial charge in [-0.3, -0.25) is 0 Å². The molecule has 0 unspecified atom stereocenters. The van der Waals surface area contributed by atoms with E-state index in [1.165, 1.54) is 12.1 Å². The summed E-state index contributed by atoms with van der Waals surface area (Å²) in [4.78, 5) is 34.9. The summed E-state index contributed by atoms with van der Waals surface area (Å²) >= 11 is 0. The molecule has 0 aliphatic heterocycles. The second-order valence-corrected chi connectivity index (χ2v) is 5.42. The van der Waals surface area contributed by atoms with E-state index >= 15 is 0 Å². The molecule has 6 heteroatoms. The Morgan fingerprint density at radius 3 is 2.20 bits per heavy atom. The van der Waals surface area contributed by atoms with Gasteiger partial charge in [0, 0.05) is 17.4 Å². The van der Waals surface area contributed by atoms with Gasteiger partial charge in [0.05, 0.1) is 24.3 Å². The number of ether oxygens (including phenoxy) is 2. The highest BCUT2D eigenvalue weighted by molar-refractivity contribution is 6.12. The first-order valence-electron chi connectivity index (χ1n) is 7.66. The largest absolute Gasteiger partial charge is 0.478 e. The van der Waals surface area contributed by atoms with E-state index in [-0.39, 0.29) is 24.3 Å². The third kappa shape index (κ3) is 4.44. The van der Waals surface area contributed by atoms with Crippen molar-refractivity contribution in [3.8, 4) is 0 Å². The summed E-state index contributed by atoms with van der Waals surface area (Å²) in [6, 6.07) is 9.72. The number of hydrogen-bond acceptors (Lipinski definition) is 5. The lowest BCUT2D eigenvalue weighted by atomic mass is 9.99. The maximum absolute atomic E-state index is 12.3. The van der Waals surface area contributed by atoms with Gasteiger partial charge in [-0.05, 0) is 24.4 Å². The molecule has 0 spiro atoms.